The third kappa shape index (κ3) is 3.44. The molecule has 0 saturated carbocycles. The van der Waals surface area contributed by atoms with E-state index >= 15 is 0 Å². The Kier molecular flexibility index (Phi) is 4.63. The number of amides is 1. The largest absolute Gasteiger partial charge is 0.392 e. The second-order valence-corrected chi connectivity index (χ2v) is 5.92. The molecular weight excluding hydrogens is 318 g/mol. The summed E-state index contributed by atoms with van der Waals surface area (Å²) in [6.45, 7) is 3.57. The normalized spacial score (nSPS) is 12.1. The Balaban J connectivity index is 1.97. The first-order chi connectivity index (χ1) is 12.0. The van der Waals surface area contributed by atoms with Crippen LogP contribution in [0.2, 0.25) is 0 Å². The first-order valence-electron chi connectivity index (χ1n) is 8.02. The SMILES string of the molecule is Cc1nc2ccccc2c(=O)n1-c1ccc(C(=O)NCC(C)O)cc1. The van der Waals surface area contributed by atoms with Gasteiger partial charge < -0.3 is 10.4 Å². The van der Waals surface area contributed by atoms with Gasteiger partial charge in [-0.1, -0.05) is 12.1 Å². The van der Waals surface area contributed by atoms with E-state index in [0.717, 1.165) is 0 Å². The Bertz CT molecular complexity index is 975. The van der Waals surface area contributed by atoms with Crippen LogP contribution >= 0.6 is 0 Å². The van der Waals surface area contributed by atoms with Crippen LogP contribution in [-0.4, -0.2) is 33.2 Å². The molecule has 0 bridgehead atoms. The number of benzene rings is 2. The minimum Gasteiger partial charge on any atom is -0.392 e. The van der Waals surface area contributed by atoms with Crippen LogP contribution in [0.1, 0.15) is 23.1 Å². The van der Waals surface area contributed by atoms with Gasteiger partial charge in [-0.25, -0.2) is 4.98 Å². The molecule has 0 aliphatic rings. The van der Waals surface area contributed by atoms with Crippen molar-refractivity contribution in [3.8, 4) is 5.69 Å². The van der Waals surface area contributed by atoms with Gasteiger partial charge in [-0.3, -0.25) is 14.2 Å². The van der Waals surface area contributed by atoms with E-state index in [2.05, 4.69) is 10.3 Å². The highest BCUT2D eigenvalue weighted by Crippen LogP contribution is 2.13. The van der Waals surface area contributed by atoms with Crippen molar-refractivity contribution in [3.63, 3.8) is 0 Å². The number of rotatable bonds is 4. The summed E-state index contributed by atoms with van der Waals surface area (Å²) < 4.78 is 1.53. The molecule has 1 atom stereocenters. The molecule has 2 N–H and O–H groups in total. The highest BCUT2D eigenvalue weighted by molar-refractivity contribution is 5.94. The van der Waals surface area contributed by atoms with Crippen LogP contribution in [-0.2, 0) is 0 Å². The molecule has 1 aromatic heterocycles. The monoisotopic (exact) mass is 337 g/mol. The number of aryl methyl sites for hydroxylation is 1. The lowest BCUT2D eigenvalue weighted by Crippen LogP contribution is -2.30. The second kappa shape index (κ2) is 6.86. The molecule has 0 spiro atoms. The molecular formula is C19H19N3O3. The van der Waals surface area contributed by atoms with E-state index in [-0.39, 0.29) is 18.0 Å². The maximum absolute atomic E-state index is 12.8. The van der Waals surface area contributed by atoms with Gasteiger partial charge in [0.1, 0.15) is 5.82 Å². The average molecular weight is 337 g/mol. The van der Waals surface area contributed by atoms with Crippen molar-refractivity contribution in [2.24, 2.45) is 0 Å². The van der Waals surface area contributed by atoms with E-state index in [9.17, 15) is 14.7 Å². The number of carbonyl (C=O) groups excluding carboxylic acids is 1. The Labute approximate surface area is 144 Å². The van der Waals surface area contributed by atoms with Crippen molar-refractivity contribution in [2.75, 3.05) is 6.54 Å². The maximum Gasteiger partial charge on any atom is 0.265 e. The zero-order chi connectivity index (χ0) is 18.0. The lowest BCUT2D eigenvalue weighted by atomic mass is 10.1. The van der Waals surface area contributed by atoms with E-state index in [1.807, 2.05) is 12.1 Å². The maximum atomic E-state index is 12.8. The van der Waals surface area contributed by atoms with E-state index in [1.54, 1.807) is 50.2 Å². The molecule has 3 rings (SSSR count). The average Bonchev–Trinajstić information content (AvgIpc) is 2.60. The quantitative estimate of drug-likeness (QED) is 0.760. The summed E-state index contributed by atoms with van der Waals surface area (Å²) in [7, 11) is 0. The van der Waals surface area contributed by atoms with Crippen molar-refractivity contribution in [1.29, 1.82) is 0 Å². The molecule has 0 radical (unpaired) electrons. The zero-order valence-corrected chi connectivity index (χ0v) is 14.1. The first-order valence-corrected chi connectivity index (χ1v) is 8.02. The van der Waals surface area contributed by atoms with Gasteiger partial charge in [0.2, 0.25) is 0 Å². The third-order valence-corrected chi connectivity index (χ3v) is 3.89. The highest BCUT2D eigenvalue weighted by atomic mass is 16.3. The summed E-state index contributed by atoms with van der Waals surface area (Å²) in [6.07, 6.45) is -0.604. The number of para-hydroxylation sites is 1. The van der Waals surface area contributed by atoms with Crippen molar-refractivity contribution in [2.45, 2.75) is 20.0 Å². The second-order valence-electron chi connectivity index (χ2n) is 5.92. The molecule has 128 valence electrons. The van der Waals surface area contributed by atoms with Crippen LogP contribution in [0.3, 0.4) is 0 Å². The van der Waals surface area contributed by atoms with Gasteiger partial charge in [-0.2, -0.15) is 0 Å². The number of hydrogen-bond donors (Lipinski definition) is 2. The van der Waals surface area contributed by atoms with E-state index in [0.29, 0.717) is 28.0 Å². The van der Waals surface area contributed by atoms with Crippen LogP contribution in [0, 0.1) is 6.92 Å². The van der Waals surface area contributed by atoms with Gasteiger partial charge in [0.05, 0.1) is 22.7 Å². The molecule has 25 heavy (non-hydrogen) atoms. The fourth-order valence-corrected chi connectivity index (χ4v) is 2.65. The van der Waals surface area contributed by atoms with Crippen molar-refractivity contribution >= 4 is 16.8 Å². The van der Waals surface area contributed by atoms with E-state index < -0.39 is 6.10 Å². The molecule has 1 amide bonds. The number of nitrogens with one attached hydrogen (secondary N) is 1. The Morgan fingerprint density at radius 1 is 1.20 bits per heavy atom. The number of aromatic nitrogens is 2. The van der Waals surface area contributed by atoms with Gasteiger partial charge in [-0.15, -0.1) is 0 Å². The van der Waals surface area contributed by atoms with Gasteiger partial charge in [-0.05, 0) is 50.2 Å². The smallest absolute Gasteiger partial charge is 0.265 e. The van der Waals surface area contributed by atoms with Crippen LogP contribution in [0.25, 0.3) is 16.6 Å². The standard InChI is InChI=1S/C19H19N3O3/c1-12(23)11-20-18(24)14-7-9-15(10-8-14)22-13(2)21-17-6-4-3-5-16(17)19(22)25/h3-10,12,23H,11H2,1-2H3,(H,20,24). The Morgan fingerprint density at radius 2 is 1.88 bits per heavy atom. The van der Waals surface area contributed by atoms with Gasteiger partial charge >= 0.3 is 0 Å². The van der Waals surface area contributed by atoms with E-state index in [1.165, 1.54) is 4.57 Å². The molecule has 1 heterocycles. The fraction of sp³-hybridized carbons (Fsp3) is 0.211. The van der Waals surface area contributed by atoms with Crippen LogP contribution in [0.5, 0.6) is 0 Å². The van der Waals surface area contributed by atoms with E-state index in [4.69, 9.17) is 0 Å². The predicted octanol–water partition coefficient (Wildman–Crippen LogP) is 1.80. The molecule has 0 fully saturated rings. The van der Waals surface area contributed by atoms with Gasteiger partial charge in [0, 0.05) is 12.1 Å². The molecule has 6 heteroatoms. The number of aliphatic hydroxyl groups excluding tert-OH is 1. The molecule has 3 aromatic rings. The molecule has 6 nitrogen and oxygen atoms in total. The summed E-state index contributed by atoms with van der Waals surface area (Å²) in [5.74, 6) is 0.308. The summed E-state index contributed by atoms with van der Waals surface area (Å²) >= 11 is 0. The summed E-state index contributed by atoms with van der Waals surface area (Å²) in [6, 6.07) is 13.9. The third-order valence-electron chi connectivity index (χ3n) is 3.89. The number of fused-ring (bicyclic) bond motifs is 1. The van der Waals surface area contributed by atoms with Crippen molar-refractivity contribution in [3.05, 3.63) is 70.3 Å². The molecule has 0 aliphatic carbocycles. The summed E-state index contributed by atoms with van der Waals surface area (Å²) in [4.78, 5) is 29.2. The topological polar surface area (TPSA) is 84.2 Å². The predicted molar refractivity (Wildman–Crippen MR) is 96.1 cm³/mol. The Morgan fingerprint density at radius 3 is 2.56 bits per heavy atom. The fourth-order valence-electron chi connectivity index (χ4n) is 2.65. The number of nitrogens with zero attached hydrogens (tertiary/aromatic N) is 2. The number of hydrogen-bond acceptors (Lipinski definition) is 4. The highest BCUT2D eigenvalue weighted by Gasteiger charge is 2.11. The van der Waals surface area contributed by atoms with Crippen LogP contribution in [0.4, 0.5) is 0 Å². The van der Waals surface area contributed by atoms with Gasteiger partial charge in [0.25, 0.3) is 11.5 Å². The molecule has 0 aliphatic heterocycles. The molecule has 1 unspecified atom stereocenters. The first kappa shape index (κ1) is 16.9. The van der Waals surface area contributed by atoms with Crippen molar-refractivity contribution in [1.82, 2.24) is 14.9 Å². The lowest BCUT2D eigenvalue weighted by Gasteiger charge is -2.12. The number of carbonyl (C=O) groups is 1. The summed E-state index contributed by atoms with van der Waals surface area (Å²) in [5, 5.41) is 12.4. The zero-order valence-electron chi connectivity index (χ0n) is 14.1. The van der Waals surface area contributed by atoms with Crippen molar-refractivity contribution < 1.29 is 9.90 Å². The summed E-state index contributed by atoms with van der Waals surface area (Å²) in [5.41, 5.74) is 1.63. The lowest BCUT2D eigenvalue weighted by molar-refractivity contribution is 0.0924. The molecule has 2 aromatic carbocycles. The van der Waals surface area contributed by atoms with Gasteiger partial charge in [0.15, 0.2) is 0 Å². The Hall–Kier alpha value is -2.99. The van der Waals surface area contributed by atoms with Crippen LogP contribution < -0.4 is 10.9 Å². The minimum absolute atomic E-state index is 0.144. The minimum atomic E-state index is -0.604. The van der Waals surface area contributed by atoms with Crippen LogP contribution in [0.15, 0.2) is 53.3 Å². The number of aliphatic hydroxyl groups is 1. The molecule has 0 saturated heterocycles.